The van der Waals surface area contributed by atoms with Crippen molar-refractivity contribution < 1.29 is 37.0 Å². The Bertz CT molecular complexity index is 1030. The number of amides is 2. The summed E-state index contributed by atoms with van der Waals surface area (Å²) in [5.74, 6) is -1.04. The summed E-state index contributed by atoms with van der Waals surface area (Å²) in [5.41, 5.74) is -0.471. The number of ether oxygens (including phenoxy) is 3. The molecule has 2 atom stereocenters. The summed E-state index contributed by atoms with van der Waals surface area (Å²) >= 11 is 0. The molecule has 3 N–H and O–H groups in total. The number of carbonyl (C=O) groups excluding carboxylic acids is 2. The van der Waals surface area contributed by atoms with Crippen molar-refractivity contribution in [2.75, 3.05) is 19.0 Å². The van der Waals surface area contributed by atoms with Gasteiger partial charge in [-0.1, -0.05) is 0 Å². The second kappa shape index (κ2) is 8.67. The molecule has 0 radical (unpaired) electrons. The van der Waals surface area contributed by atoms with Crippen LogP contribution in [0.25, 0.3) is 0 Å². The largest absolute Gasteiger partial charge is 0.505 e. The van der Waals surface area contributed by atoms with Gasteiger partial charge >= 0.3 is 12.4 Å². The van der Waals surface area contributed by atoms with E-state index in [0.717, 1.165) is 18.9 Å². The van der Waals surface area contributed by atoms with E-state index >= 15 is 0 Å². The summed E-state index contributed by atoms with van der Waals surface area (Å²) in [6.07, 6.45) is -4.15. The SMILES string of the molecule is COCc1cc(C(=O)Nc2cc([C@H]3C[C@@H](OC(=O)NC4(C)CC4)CO3)[nH]n2)n(C(F)(F)F)n1. The zero-order valence-electron chi connectivity index (χ0n) is 17.9. The third-order valence-corrected chi connectivity index (χ3v) is 5.35. The van der Waals surface area contributed by atoms with E-state index in [1.165, 1.54) is 13.2 Å². The number of aromatic amines is 1. The predicted octanol–water partition coefficient (Wildman–Crippen LogP) is 2.59. The molecule has 0 spiro atoms. The number of anilines is 1. The van der Waals surface area contributed by atoms with Gasteiger partial charge < -0.3 is 24.8 Å². The van der Waals surface area contributed by atoms with Crippen LogP contribution in [0, 0.1) is 0 Å². The highest BCUT2D eigenvalue weighted by Crippen LogP contribution is 2.35. The highest BCUT2D eigenvalue weighted by molar-refractivity contribution is 6.02. The van der Waals surface area contributed by atoms with Crippen LogP contribution in [0.1, 0.15) is 54.2 Å². The molecule has 2 fully saturated rings. The van der Waals surface area contributed by atoms with Crippen molar-refractivity contribution in [3.05, 3.63) is 29.2 Å². The monoisotopic (exact) mass is 472 g/mol. The molecule has 1 aliphatic carbocycles. The van der Waals surface area contributed by atoms with E-state index in [1.807, 2.05) is 6.92 Å². The average molecular weight is 472 g/mol. The van der Waals surface area contributed by atoms with Crippen molar-refractivity contribution in [3.8, 4) is 0 Å². The first-order valence-corrected chi connectivity index (χ1v) is 10.2. The van der Waals surface area contributed by atoms with Crippen molar-refractivity contribution >= 4 is 17.8 Å². The lowest BCUT2D eigenvalue weighted by Gasteiger charge is -2.15. The highest BCUT2D eigenvalue weighted by atomic mass is 19.4. The van der Waals surface area contributed by atoms with Crippen LogP contribution < -0.4 is 10.6 Å². The van der Waals surface area contributed by atoms with Gasteiger partial charge in [0.05, 0.1) is 24.6 Å². The molecule has 2 aliphatic rings. The van der Waals surface area contributed by atoms with Crippen LogP contribution in [0.3, 0.4) is 0 Å². The maximum atomic E-state index is 13.2. The molecule has 1 saturated carbocycles. The molecule has 2 aromatic rings. The molecular weight excluding hydrogens is 449 g/mol. The fourth-order valence-corrected chi connectivity index (χ4v) is 3.39. The standard InChI is InChI=1S/C19H23F3N6O5/c1-18(3-4-18)24-17(30)33-11-6-14(32-9-11)12-7-15(26-25-12)23-16(29)13-5-10(8-31-2)27-28(13)19(20,21)22/h5,7,11,14H,3-4,6,8-9H2,1-2H3,(H,24,30)(H2,23,25,26,29)/t11-,14-/m1/s1. The van der Waals surface area contributed by atoms with Crippen LogP contribution in [0.4, 0.5) is 23.8 Å². The van der Waals surface area contributed by atoms with Gasteiger partial charge in [-0.15, -0.1) is 13.2 Å². The Kier molecular flexibility index (Phi) is 6.05. The summed E-state index contributed by atoms with van der Waals surface area (Å²) in [4.78, 5) is 24.4. The van der Waals surface area contributed by atoms with Gasteiger partial charge in [0.1, 0.15) is 17.9 Å². The molecule has 0 unspecified atom stereocenters. The quantitative estimate of drug-likeness (QED) is 0.564. The molecule has 33 heavy (non-hydrogen) atoms. The first-order valence-electron chi connectivity index (χ1n) is 10.2. The summed E-state index contributed by atoms with van der Waals surface area (Å²) in [6, 6.07) is 2.44. The number of alkyl halides is 3. The zero-order valence-corrected chi connectivity index (χ0v) is 17.9. The number of hydrogen-bond acceptors (Lipinski definition) is 7. The summed E-state index contributed by atoms with van der Waals surface area (Å²) in [6.45, 7) is 1.93. The molecule has 2 amide bonds. The lowest BCUT2D eigenvalue weighted by atomic mass is 10.1. The van der Waals surface area contributed by atoms with E-state index in [4.69, 9.17) is 14.2 Å². The number of rotatable bonds is 7. The maximum absolute atomic E-state index is 13.2. The lowest BCUT2D eigenvalue weighted by molar-refractivity contribution is -0.213. The lowest BCUT2D eigenvalue weighted by Crippen LogP contribution is -2.37. The van der Waals surface area contributed by atoms with E-state index in [1.54, 1.807) is 0 Å². The number of nitrogens with zero attached hydrogens (tertiary/aromatic N) is 3. The highest BCUT2D eigenvalue weighted by Gasteiger charge is 2.40. The summed E-state index contributed by atoms with van der Waals surface area (Å²) < 4.78 is 55.2. The van der Waals surface area contributed by atoms with Crippen LogP contribution in [-0.2, 0) is 27.1 Å². The normalized spacial score (nSPS) is 21.6. The Morgan fingerprint density at radius 2 is 2.12 bits per heavy atom. The fourth-order valence-electron chi connectivity index (χ4n) is 3.39. The van der Waals surface area contributed by atoms with Gasteiger partial charge in [-0.2, -0.15) is 14.9 Å². The molecule has 4 rings (SSSR count). The number of H-pyrrole nitrogens is 1. The Labute approximate surface area is 185 Å². The minimum absolute atomic E-state index is 0.00517. The first-order chi connectivity index (χ1) is 15.6. The van der Waals surface area contributed by atoms with Gasteiger partial charge in [-0.3, -0.25) is 9.89 Å². The van der Waals surface area contributed by atoms with Gasteiger partial charge in [-0.05, 0) is 25.8 Å². The smallest absolute Gasteiger partial charge is 0.444 e. The Morgan fingerprint density at radius 3 is 2.79 bits per heavy atom. The molecule has 3 heterocycles. The van der Waals surface area contributed by atoms with Crippen molar-refractivity contribution in [2.24, 2.45) is 0 Å². The number of aromatic nitrogens is 4. The van der Waals surface area contributed by atoms with Crippen LogP contribution in [-0.4, -0.2) is 57.3 Å². The van der Waals surface area contributed by atoms with Crippen molar-refractivity contribution in [1.29, 1.82) is 0 Å². The molecule has 0 aromatic carbocycles. The Balaban J connectivity index is 1.36. The minimum Gasteiger partial charge on any atom is -0.444 e. The number of alkyl carbamates (subject to hydrolysis) is 1. The van der Waals surface area contributed by atoms with Crippen molar-refractivity contribution in [3.63, 3.8) is 0 Å². The molecule has 1 saturated heterocycles. The number of halogens is 3. The number of methoxy groups -OCH3 is 1. The average Bonchev–Trinajstić information content (AvgIpc) is 3.16. The van der Waals surface area contributed by atoms with Crippen LogP contribution in [0.5, 0.6) is 0 Å². The second-order valence-electron chi connectivity index (χ2n) is 8.27. The number of carbonyl (C=O) groups is 2. The molecule has 2 aromatic heterocycles. The summed E-state index contributed by atoms with van der Waals surface area (Å²) in [7, 11) is 1.30. The van der Waals surface area contributed by atoms with E-state index in [-0.39, 0.29) is 34.9 Å². The number of nitrogens with one attached hydrogen (secondary N) is 3. The fraction of sp³-hybridized carbons (Fsp3) is 0.579. The molecule has 14 heteroatoms. The van der Waals surface area contributed by atoms with Crippen molar-refractivity contribution in [1.82, 2.24) is 25.3 Å². The van der Waals surface area contributed by atoms with Crippen LogP contribution in [0.15, 0.2) is 12.1 Å². The van der Waals surface area contributed by atoms with Crippen LogP contribution in [0.2, 0.25) is 0 Å². The van der Waals surface area contributed by atoms with Gasteiger partial charge in [0.2, 0.25) is 0 Å². The first kappa shape index (κ1) is 23.0. The molecule has 11 nitrogen and oxygen atoms in total. The molecule has 180 valence electrons. The van der Waals surface area contributed by atoms with Gasteiger partial charge in [0.15, 0.2) is 5.82 Å². The molecule has 0 bridgehead atoms. The number of hydrogen-bond donors (Lipinski definition) is 3. The van der Waals surface area contributed by atoms with E-state index in [0.29, 0.717) is 12.1 Å². The predicted molar refractivity (Wildman–Crippen MR) is 105 cm³/mol. The summed E-state index contributed by atoms with van der Waals surface area (Å²) in [5, 5.41) is 15.1. The second-order valence-corrected chi connectivity index (χ2v) is 8.27. The van der Waals surface area contributed by atoms with Crippen LogP contribution >= 0.6 is 0 Å². The van der Waals surface area contributed by atoms with E-state index in [2.05, 4.69) is 25.9 Å². The molecule has 1 aliphatic heterocycles. The third kappa shape index (κ3) is 5.45. The Morgan fingerprint density at radius 1 is 1.36 bits per heavy atom. The van der Waals surface area contributed by atoms with Crippen molar-refractivity contribution in [2.45, 2.75) is 56.8 Å². The Hall–Kier alpha value is -3.13. The maximum Gasteiger partial charge on any atom is 0.505 e. The van der Waals surface area contributed by atoms with Gasteiger partial charge in [0.25, 0.3) is 5.91 Å². The van der Waals surface area contributed by atoms with E-state index < -0.39 is 36.2 Å². The topological polar surface area (TPSA) is 132 Å². The van der Waals surface area contributed by atoms with Gasteiger partial charge in [0, 0.05) is 25.1 Å². The van der Waals surface area contributed by atoms with E-state index in [9.17, 15) is 22.8 Å². The third-order valence-electron chi connectivity index (χ3n) is 5.35. The van der Waals surface area contributed by atoms with Gasteiger partial charge in [-0.25, -0.2) is 4.79 Å². The molecular formula is C19H23F3N6O5. The zero-order chi connectivity index (χ0) is 23.8. The minimum atomic E-state index is -4.88.